The van der Waals surface area contributed by atoms with Crippen molar-refractivity contribution in [2.75, 3.05) is 6.54 Å². The summed E-state index contributed by atoms with van der Waals surface area (Å²) in [5, 5.41) is 6.34. The van der Waals surface area contributed by atoms with E-state index in [0.717, 1.165) is 51.5 Å². The average molecular weight is 290 g/mol. The predicted octanol–water partition coefficient (Wildman–Crippen LogP) is 0.711. The maximum absolute atomic E-state index is 12.0. The van der Waals surface area contributed by atoms with Crippen molar-refractivity contribution in [1.82, 2.24) is 10.6 Å². The molecule has 0 aromatic rings. The van der Waals surface area contributed by atoms with Crippen molar-refractivity contribution in [3.8, 4) is 0 Å². The number of piperidine rings is 1. The number of halogens is 1. The third-order valence-corrected chi connectivity index (χ3v) is 4.10. The van der Waals surface area contributed by atoms with Crippen LogP contribution in [-0.2, 0) is 9.59 Å². The number of carbonyl (C=O) groups excluding carboxylic acids is 2. The van der Waals surface area contributed by atoms with Crippen LogP contribution in [0.25, 0.3) is 0 Å². The van der Waals surface area contributed by atoms with Crippen molar-refractivity contribution in [3.05, 3.63) is 0 Å². The van der Waals surface area contributed by atoms with Gasteiger partial charge in [0.2, 0.25) is 11.8 Å². The summed E-state index contributed by atoms with van der Waals surface area (Å²) in [4.78, 5) is 23.1. The highest BCUT2D eigenvalue weighted by molar-refractivity contribution is 5.85. The molecule has 5 nitrogen and oxygen atoms in total. The van der Waals surface area contributed by atoms with Crippen LogP contribution in [0.15, 0.2) is 0 Å². The lowest BCUT2D eigenvalue weighted by Gasteiger charge is -2.30. The minimum absolute atomic E-state index is 0. The zero-order valence-electron chi connectivity index (χ0n) is 11.2. The summed E-state index contributed by atoms with van der Waals surface area (Å²) in [5.74, 6) is -0.0723. The zero-order chi connectivity index (χ0) is 13.0. The fourth-order valence-electron chi connectivity index (χ4n) is 2.90. The summed E-state index contributed by atoms with van der Waals surface area (Å²) in [6.45, 7) is 0.937. The first-order chi connectivity index (χ1) is 8.66. The summed E-state index contributed by atoms with van der Waals surface area (Å²) < 4.78 is 0. The molecular weight excluding hydrogens is 266 g/mol. The Bertz CT molecular complexity index is 311. The number of amides is 2. The number of hydrogen-bond donors (Lipinski definition) is 3. The molecule has 2 aliphatic rings. The quantitative estimate of drug-likeness (QED) is 0.715. The number of carbonyl (C=O) groups is 2. The van der Waals surface area contributed by atoms with Gasteiger partial charge in [-0.2, -0.15) is 0 Å². The van der Waals surface area contributed by atoms with Crippen LogP contribution in [0.4, 0.5) is 0 Å². The second kappa shape index (κ2) is 7.70. The molecular formula is C13H24ClN3O2. The highest BCUT2D eigenvalue weighted by Crippen LogP contribution is 2.24. The lowest BCUT2D eigenvalue weighted by Crippen LogP contribution is -2.50. The molecule has 1 saturated carbocycles. The Morgan fingerprint density at radius 2 is 1.74 bits per heavy atom. The van der Waals surface area contributed by atoms with Crippen molar-refractivity contribution in [1.29, 1.82) is 0 Å². The van der Waals surface area contributed by atoms with Gasteiger partial charge in [0.25, 0.3) is 0 Å². The van der Waals surface area contributed by atoms with Crippen LogP contribution in [0, 0.1) is 5.92 Å². The lowest BCUT2D eigenvalue weighted by molar-refractivity contribution is -0.125. The molecule has 6 heteroatoms. The van der Waals surface area contributed by atoms with Crippen LogP contribution < -0.4 is 16.4 Å². The van der Waals surface area contributed by atoms with E-state index in [1.165, 1.54) is 0 Å². The fraction of sp³-hybridized carbons (Fsp3) is 0.846. The van der Waals surface area contributed by atoms with Crippen LogP contribution in [0.2, 0.25) is 0 Å². The van der Waals surface area contributed by atoms with E-state index in [0.29, 0.717) is 0 Å². The van der Waals surface area contributed by atoms with Crippen LogP contribution in [0.5, 0.6) is 0 Å². The largest absolute Gasteiger partial charge is 0.369 e. The van der Waals surface area contributed by atoms with Crippen LogP contribution >= 0.6 is 12.4 Å². The number of nitrogens with two attached hydrogens (primary N) is 1. The highest BCUT2D eigenvalue weighted by Gasteiger charge is 2.28. The minimum atomic E-state index is -0.200. The molecule has 0 bridgehead atoms. The van der Waals surface area contributed by atoms with E-state index in [1.807, 2.05) is 0 Å². The second-order valence-electron chi connectivity index (χ2n) is 5.46. The van der Waals surface area contributed by atoms with Gasteiger partial charge in [-0.25, -0.2) is 0 Å². The third kappa shape index (κ3) is 4.66. The molecule has 2 amide bonds. The summed E-state index contributed by atoms with van der Waals surface area (Å²) in [6.07, 6.45) is 6.56. The smallest absolute Gasteiger partial charge is 0.237 e. The van der Waals surface area contributed by atoms with E-state index in [1.54, 1.807) is 0 Å². The fourth-order valence-corrected chi connectivity index (χ4v) is 2.90. The first kappa shape index (κ1) is 16.2. The number of rotatable bonds is 3. The second-order valence-corrected chi connectivity index (χ2v) is 5.46. The van der Waals surface area contributed by atoms with E-state index >= 15 is 0 Å². The molecule has 0 aromatic carbocycles. The van der Waals surface area contributed by atoms with Crippen LogP contribution in [-0.4, -0.2) is 30.4 Å². The van der Waals surface area contributed by atoms with Gasteiger partial charge in [-0.05, 0) is 45.1 Å². The van der Waals surface area contributed by atoms with Crippen LogP contribution in [0.3, 0.4) is 0 Å². The molecule has 19 heavy (non-hydrogen) atoms. The molecule has 2 rings (SSSR count). The molecule has 0 spiro atoms. The van der Waals surface area contributed by atoms with Crippen molar-refractivity contribution >= 4 is 24.2 Å². The molecule has 0 aromatic heterocycles. The molecule has 0 unspecified atom stereocenters. The minimum Gasteiger partial charge on any atom is -0.369 e. The summed E-state index contributed by atoms with van der Waals surface area (Å²) in [5.41, 5.74) is 5.29. The summed E-state index contributed by atoms with van der Waals surface area (Å²) >= 11 is 0. The Morgan fingerprint density at radius 3 is 2.26 bits per heavy atom. The standard InChI is InChI=1S/C13H23N3O2.ClH/c14-12(17)9-4-6-10(7-5-9)16-13(18)11-3-1-2-8-15-11;/h9-11,15H,1-8H2,(H2,14,17)(H,16,18);1H/t9?,10?,11-;/m0./s1. The van der Waals surface area contributed by atoms with Crippen LogP contribution in [0.1, 0.15) is 44.9 Å². The number of hydrogen-bond acceptors (Lipinski definition) is 3. The van der Waals surface area contributed by atoms with E-state index < -0.39 is 0 Å². The van der Waals surface area contributed by atoms with Gasteiger partial charge >= 0.3 is 0 Å². The molecule has 4 N–H and O–H groups in total. The molecule has 110 valence electrons. The summed E-state index contributed by atoms with van der Waals surface area (Å²) in [6, 6.07) is 0.199. The SMILES string of the molecule is Cl.NC(=O)C1CCC(NC(=O)[C@@H]2CCCCN2)CC1. The molecule has 1 atom stereocenters. The predicted molar refractivity (Wildman–Crippen MR) is 76.0 cm³/mol. The van der Waals surface area contributed by atoms with Gasteiger partial charge in [0.1, 0.15) is 0 Å². The van der Waals surface area contributed by atoms with Crippen molar-refractivity contribution < 1.29 is 9.59 Å². The van der Waals surface area contributed by atoms with E-state index in [2.05, 4.69) is 10.6 Å². The van der Waals surface area contributed by atoms with Gasteiger partial charge in [0.05, 0.1) is 6.04 Å². The van der Waals surface area contributed by atoms with E-state index in [-0.39, 0.29) is 42.2 Å². The maximum atomic E-state index is 12.0. The molecule has 1 aliphatic carbocycles. The molecule has 2 fully saturated rings. The Labute approximate surface area is 120 Å². The maximum Gasteiger partial charge on any atom is 0.237 e. The number of primary amides is 1. The normalized spacial score (nSPS) is 31.1. The molecule has 1 saturated heterocycles. The Kier molecular flexibility index (Phi) is 6.58. The van der Waals surface area contributed by atoms with Gasteiger partial charge in [0.15, 0.2) is 0 Å². The van der Waals surface area contributed by atoms with Gasteiger partial charge in [-0.1, -0.05) is 6.42 Å². The number of nitrogens with one attached hydrogen (secondary N) is 2. The van der Waals surface area contributed by atoms with Gasteiger partial charge in [0, 0.05) is 12.0 Å². The summed E-state index contributed by atoms with van der Waals surface area (Å²) in [7, 11) is 0. The highest BCUT2D eigenvalue weighted by atomic mass is 35.5. The van der Waals surface area contributed by atoms with Gasteiger partial charge < -0.3 is 16.4 Å². The van der Waals surface area contributed by atoms with Crippen molar-refractivity contribution in [2.24, 2.45) is 11.7 Å². The Balaban J connectivity index is 0.00000180. The molecule has 1 aliphatic heterocycles. The first-order valence-corrected chi connectivity index (χ1v) is 7.00. The third-order valence-electron chi connectivity index (χ3n) is 4.10. The van der Waals surface area contributed by atoms with Gasteiger partial charge in [-0.3, -0.25) is 9.59 Å². The van der Waals surface area contributed by atoms with E-state index in [4.69, 9.17) is 5.73 Å². The van der Waals surface area contributed by atoms with Crippen molar-refractivity contribution in [2.45, 2.75) is 57.0 Å². The molecule has 1 heterocycles. The zero-order valence-corrected chi connectivity index (χ0v) is 12.0. The topological polar surface area (TPSA) is 84.2 Å². The average Bonchev–Trinajstić information content (AvgIpc) is 2.40. The monoisotopic (exact) mass is 289 g/mol. The molecule has 0 radical (unpaired) electrons. The van der Waals surface area contributed by atoms with Crippen molar-refractivity contribution in [3.63, 3.8) is 0 Å². The van der Waals surface area contributed by atoms with E-state index in [9.17, 15) is 9.59 Å². The lowest BCUT2D eigenvalue weighted by atomic mass is 9.85. The Hall–Kier alpha value is -0.810. The first-order valence-electron chi connectivity index (χ1n) is 7.00. The van der Waals surface area contributed by atoms with Gasteiger partial charge in [-0.15, -0.1) is 12.4 Å². The Morgan fingerprint density at radius 1 is 1.05 bits per heavy atom.